The molecule has 0 heterocycles. The Morgan fingerprint density at radius 1 is 1.25 bits per heavy atom. The van der Waals surface area contributed by atoms with Crippen molar-refractivity contribution in [3.8, 4) is 0 Å². The van der Waals surface area contributed by atoms with Gasteiger partial charge in [-0.2, -0.15) is 8.42 Å². The smallest absolute Gasteiger partial charge is 0.550 e. The largest absolute Gasteiger partial charge is 1.00 e. The molecule has 0 rings (SSSR count). The normalized spacial score (nSPS) is 15.9. The van der Waals surface area contributed by atoms with Gasteiger partial charge < -0.3 is 19.8 Å². The van der Waals surface area contributed by atoms with Crippen molar-refractivity contribution in [2.45, 2.75) is 18.6 Å². The standard InChI is InChI=1S/C6H10O7S.2K/c1-3(4(7)8)6(2,5(9)10)14(11,12)13;;/h3H,1-2H3,(H,7,8)(H,9,10)(H,11,12,13);;/q;2*+1/p-2. The van der Waals surface area contributed by atoms with Gasteiger partial charge in [0.15, 0.2) is 0 Å². The first-order chi connectivity index (χ1) is 6.05. The van der Waals surface area contributed by atoms with Crippen LogP contribution in [0.4, 0.5) is 0 Å². The van der Waals surface area contributed by atoms with Crippen molar-refractivity contribution in [1.29, 1.82) is 0 Å². The molecule has 16 heavy (non-hydrogen) atoms. The van der Waals surface area contributed by atoms with Crippen LogP contribution in [0.25, 0.3) is 0 Å². The van der Waals surface area contributed by atoms with Crippen molar-refractivity contribution in [3.63, 3.8) is 0 Å². The second kappa shape index (κ2) is 8.32. The zero-order valence-electron chi connectivity index (χ0n) is 9.38. The average molecular weight is 302 g/mol. The number of rotatable bonds is 4. The van der Waals surface area contributed by atoms with Crippen LogP contribution in [0.15, 0.2) is 0 Å². The predicted molar refractivity (Wildman–Crippen MR) is 39.1 cm³/mol. The third-order valence-electron chi connectivity index (χ3n) is 2.12. The van der Waals surface area contributed by atoms with Crippen molar-refractivity contribution in [1.82, 2.24) is 0 Å². The van der Waals surface area contributed by atoms with Crippen LogP contribution >= 0.6 is 0 Å². The van der Waals surface area contributed by atoms with Crippen LogP contribution < -0.4 is 113 Å². The van der Waals surface area contributed by atoms with Gasteiger partial charge in [0.2, 0.25) is 0 Å². The molecule has 0 aliphatic rings. The van der Waals surface area contributed by atoms with Crippen LogP contribution in [0.3, 0.4) is 0 Å². The number of hydrogen-bond acceptors (Lipinski definition) is 6. The maximum Gasteiger partial charge on any atom is 1.00 e. The molecule has 0 spiro atoms. The van der Waals surface area contributed by atoms with E-state index in [1.165, 1.54) is 0 Å². The topological polar surface area (TPSA) is 135 Å². The average Bonchev–Trinajstić information content (AvgIpc) is 1.98. The van der Waals surface area contributed by atoms with E-state index in [-0.39, 0.29) is 103 Å². The fourth-order valence-electron chi connectivity index (χ4n) is 0.730. The van der Waals surface area contributed by atoms with E-state index in [1.54, 1.807) is 0 Å². The van der Waals surface area contributed by atoms with Gasteiger partial charge in [0, 0.05) is 11.9 Å². The number of carboxylic acid groups (broad SMARTS) is 2. The minimum atomic E-state index is -5.09. The van der Waals surface area contributed by atoms with Gasteiger partial charge >= 0.3 is 103 Å². The summed E-state index contributed by atoms with van der Waals surface area (Å²) in [5.41, 5.74) is 0. The summed E-state index contributed by atoms with van der Waals surface area (Å²) < 4.78 is 27.0. The molecule has 0 saturated carbocycles. The van der Waals surface area contributed by atoms with Gasteiger partial charge in [0.25, 0.3) is 10.1 Å². The maximum atomic E-state index is 10.7. The summed E-state index contributed by atoms with van der Waals surface area (Å²) in [5, 5.41) is 20.8. The Bertz CT molecular complexity index is 365. The van der Waals surface area contributed by atoms with Crippen LogP contribution in [0.1, 0.15) is 13.8 Å². The number of carbonyl (C=O) groups excluding carboxylic acids is 2. The second-order valence-corrected chi connectivity index (χ2v) is 4.71. The van der Waals surface area contributed by atoms with Gasteiger partial charge in [-0.15, -0.1) is 0 Å². The van der Waals surface area contributed by atoms with E-state index in [0.717, 1.165) is 6.92 Å². The third-order valence-corrected chi connectivity index (χ3v) is 3.71. The van der Waals surface area contributed by atoms with Crippen LogP contribution in [0.5, 0.6) is 0 Å². The molecule has 2 unspecified atom stereocenters. The van der Waals surface area contributed by atoms with Gasteiger partial charge in [0.1, 0.15) is 4.75 Å². The zero-order chi connectivity index (χ0) is 11.7. The summed E-state index contributed by atoms with van der Waals surface area (Å²) in [5.74, 6) is -6.03. The number of aliphatic carboxylic acids is 2. The van der Waals surface area contributed by atoms with Crippen molar-refractivity contribution >= 4 is 22.1 Å². The molecule has 0 amide bonds. The number of hydrogen-bond donors (Lipinski definition) is 1. The second-order valence-electron chi connectivity index (χ2n) is 2.91. The number of carbonyl (C=O) groups is 2. The first-order valence-electron chi connectivity index (χ1n) is 3.44. The minimum Gasteiger partial charge on any atom is -0.550 e. The quantitative estimate of drug-likeness (QED) is 0.402. The van der Waals surface area contributed by atoms with Crippen LogP contribution in [0, 0.1) is 5.92 Å². The zero-order valence-corrected chi connectivity index (χ0v) is 16.4. The maximum absolute atomic E-state index is 10.7. The molecule has 0 bridgehead atoms. The molecule has 82 valence electrons. The van der Waals surface area contributed by atoms with Gasteiger partial charge in [-0.3, -0.25) is 4.55 Å². The Kier molecular flexibility index (Phi) is 12.1. The van der Waals surface area contributed by atoms with E-state index in [2.05, 4.69) is 0 Å². The van der Waals surface area contributed by atoms with Gasteiger partial charge in [-0.25, -0.2) is 0 Å². The molecule has 0 fully saturated rings. The monoisotopic (exact) mass is 302 g/mol. The molecule has 0 aliphatic carbocycles. The van der Waals surface area contributed by atoms with Crippen molar-refractivity contribution in [3.05, 3.63) is 0 Å². The molecule has 7 nitrogen and oxygen atoms in total. The van der Waals surface area contributed by atoms with Gasteiger partial charge in [0.05, 0.1) is 5.97 Å². The van der Waals surface area contributed by atoms with Crippen molar-refractivity contribution in [2.24, 2.45) is 5.92 Å². The van der Waals surface area contributed by atoms with E-state index < -0.39 is 32.7 Å². The number of carboxylic acids is 2. The molecule has 0 aromatic rings. The molecule has 10 heteroatoms. The third kappa shape index (κ3) is 5.01. The fourth-order valence-corrected chi connectivity index (χ4v) is 1.48. The Balaban J connectivity index is -0.000000845. The van der Waals surface area contributed by atoms with Gasteiger partial charge in [-0.05, 0) is 6.92 Å². The van der Waals surface area contributed by atoms with E-state index in [0.29, 0.717) is 6.92 Å². The SMILES string of the molecule is CC(C(=O)[O-])C(C)(C(=O)[O-])S(=O)(=O)O.[K+].[K+]. The van der Waals surface area contributed by atoms with Crippen LogP contribution in [-0.4, -0.2) is 29.7 Å². The molecule has 1 N–H and O–H groups in total. The Morgan fingerprint density at radius 3 is 1.62 bits per heavy atom. The molecule has 0 saturated heterocycles. The van der Waals surface area contributed by atoms with E-state index in [1.807, 2.05) is 0 Å². The first-order valence-corrected chi connectivity index (χ1v) is 4.88. The van der Waals surface area contributed by atoms with Gasteiger partial charge in [-0.1, -0.05) is 6.92 Å². The van der Waals surface area contributed by atoms with E-state index >= 15 is 0 Å². The van der Waals surface area contributed by atoms with Crippen LogP contribution in [0.2, 0.25) is 0 Å². The summed E-state index contributed by atoms with van der Waals surface area (Å²) in [6.45, 7) is 1.33. The van der Waals surface area contributed by atoms with Crippen LogP contribution in [-0.2, 0) is 19.7 Å². The minimum absolute atomic E-state index is 0. The van der Waals surface area contributed by atoms with Crippen molar-refractivity contribution in [2.75, 3.05) is 0 Å². The Morgan fingerprint density at radius 2 is 1.56 bits per heavy atom. The predicted octanol–water partition coefficient (Wildman–Crippen LogP) is -9.22. The fraction of sp³-hybridized carbons (Fsp3) is 0.667. The van der Waals surface area contributed by atoms with E-state index in [4.69, 9.17) is 4.55 Å². The summed E-state index contributed by atoms with van der Waals surface area (Å²) in [7, 11) is -5.09. The molecule has 0 radical (unpaired) electrons. The molecular formula is C6H8K2O7S. The summed E-state index contributed by atoms with van der Waals surface area (Å²) in [6, 6.07) is 0. The summed E-state index contributed by atoms with van der Waals surface area (Å²) in [6.07, 6.45) is 0. The van der Waals surface area contributed by atoms with E-state index in [9.17, 15) is 28.2 Å². The molecule has 0 aromatic carbocycles. The first kappa shape index (κ1) is 23.2. The molecule has 0 aliphatic heterocycles. The van der Waals surface area contributed by atoms with Crippen molar-refractivity contribution < 1.29 is 136 Å². The Hall–Kier alpha value is 2.12. The molecule has 0 aromatic heterocycles. The molecular weight excluding hydrogens is 294 g/mol. The Labute approximate surface area is 178 Å². The summed E-state index contributed by atoms with van der Waals surface area (Å²) >= 11 is 0. The summed E-state index contributed by atoms with van der Waals surface area (Å²) in [4.78, 5) is 20.8. The molecule has 2 atom stereocenters.